The highest BCUT2D eigenvalue weighted by Crippen LogP contribution is 2.31. The molecule has 102 valence electrons. The second-order valence-electron chi connectivity index (χ2n) is 3.62. The molecule has 1 heterocycles. The Bertz CT molecular complexity index is 511. The quantitative estimate of drug-likeness (QED) is 0.656. The maximum atomic E-state index is 12.3. The molecule has 7 heteroatoms. The largest absolute Gasteiger partial charge is 0.434 e. The van der Waals surface area contributed by atoms with Crippen molar-refractivity contribution in [3.8, 4) is 0 Å². The topological polar surface area (TPSA) is 24.9 Å². The van der Waals surface area contributed by atoms with Crippen molar-refractivity contribution in [2.75, 3.05) is 17.6 Å². The molecule has 0 saturated heterocycles. The predicted octanol–water partition coefficient (Wildman–Crippen LogP) is 4.37. The predicted molar refractivity (Wildman–Crippen MR) is 72.8 cm³/mol. The molecular formula is C12H11F3N2S2. The van der Waals surface area contributed by atoms with Crippen molar-refractivity contribution in [2.45, 2.75) is 11.1 Å². The van der Waals surface area contributed by atoms with Gasteiger partial charge >= 0.3 is 6.18 Å². The average Bonchev–Trinajstić information content (AvgIpc) is 2.85. The van der Waals surface area contributed by atoms with Gasteiger partial charge < -0.3 is 5.32 Å². The van der Waals surface area contributed by atoms with Crippen LogP contribution < -0.4 is 5.32 Å². The summed E-state index contributed by atoms with van der Waals surface area (Å²) in [5, 5.41) is 4.22. The zero-order chi connectivity index (χ0) is 13.7. The van der Waals surface area contributed by atoms with Crippen molar-refractivity contribution in [1.82, 2.24) is 4.98 Å². The summed E-state index contributed by atoms with van der Waals surface area (Å²) < 4.78 is 37.0. The first kappa shape index (κ1) is 14.2. The summed E-state index contributed by atoms with van der Waals surface area (Å²) in [4.78, 5) is 4.64. The normalized spacial score (nSPS) is 11.5. The number of nitrogens with one attached hydrogen (secondary N) is 1. The molecule has 0 aliphatic carbocycles. The minimum absolute atomic E-state index is 0.306. The summed E-state index contributed by atoms with van der Waals surface area (Å²) in [7, 11) is 0. The molecule has 1 aromatic carbocycles. The van der Waals surface area contributed by atoms with Crippen LogP contribution in [0.15, 0.2) is 40.6 Å². The van der Waals surface area contributed by atoms with Gasteiger partial charge in [0.2, 0.25) is 0 Å². The first-order valence-corrected chi connectivity index (χ1v) is 7.36. The van der Waals surface area contributed by atoms with Crippen LogP contribution in [0.2, 0.25) is 0 Å². The SMILES string of the molecule is FC(F)(F)c1csc(NCCSc2ccccc2)n1. The van der Waals surface area contributed by atoms with Crippen molar-refractivity contribution in [3.63, 3.8) is 0 Å². The zero-order valence-corrected chi connectivity index (χ0v) is 11.4. The molecule has 19 heavy (non-hydrogen) atoms. The van der Waals surface area contributed by atoms with Crippen LogP contribution >= 0.6 is 23.1 Å². The molecule has 1 aromatic heterocycles. The third kappa shape index (κ3) is 4.43. The Morgan fingerprint density at radius 3 is 2.58 bits per heavy atom. The van der Waals surface area contributed by atoms with Gasteiger partial charge in [-0.25, -0.2) is 4.98 Å². The monoisotopic (exact) mass is 304 g/mol. The molecule has 2 aromatic rings. The highest BCUT2D eigenvalue weighted by Gasteiger charge is 2.33. The van der Waals surface area contributed by atoms with Crippen LogP contribution in [-0.4, -0.2) is 17.3 Å². The molecule has 0 amide bonds. The molecule has 1 N–H and O–H groups in total. The Kier molecular flexibility index (Phi) is 4.71. The van der Waals surface area contributed by atoms with E-state index in [1.807, 2.05) is 30.3 Å². The van der Waals surface area contributed by atoms with Gasteiger partial charge in [0, 0.05) is 22.6 Å². The number of nitrogens with zero attached hydrogens (tertiary/aromatic N) is 1. The van der Waals surface area contributed by atoms with Gasteiger partial charge in [0.1, 0.15) is 0 Å². The van der Waals surface area contributed by atoms with E-state index in [0.29, 0.717) is 11.7 Å². The van der Waals surface area contributed by atoms with Gasteiger partial charge in [-0.2, -0.15) is 13.2 Å². The van der Waals surface area contributed by atoms with Crippen LogP contribution in [-0.2, 0) is 6.18 Å². The maximum Gasteiger partial charge on any atom is 0.434 e. The number of aromatic nitrogens is 1. The van der Waals surface area contributed by atoms with E-state index in [4.69, 9.17) is 0 Å². The number of thioether (sulfide) groups is 1. The van der Waals surface area contributed by atoms with Crippen molar-refractivity contribution >= 4 is 28.2 Å². The number of rotatable bonds is 5. The fourth-order valence-electron chi connectivity index (χ4n) is 1.33. The van der Waals surface area contributed by atoms with Crippen LogP contribution in [0.4, 0.5) is 18.3 Å². The van der Waals surface area contributed by atoms with E-state index in [-0.39, 0.29) is 0 Å². The molecule has 0 atom stereocenters. The number of thiazole rings is 1. The van der Waals surface area contributed by atoms with Crippen LogP contribution in [0.1, 0.15) is 5.69 Å². The van der Waals surface area contributed by atoms with Crippen LogP contribution in [0.25, 0.3) is 0 Å². The van der Waals surface area contributed by atoms with Gasteiger partial charge in [0.05, 0.1) is 0 Å². The lowest BCUT2D eigenvalue weighted by Crippen LogP contribution is -2.07. The Morgan fingerprint density at radius 1 is 1.21 bits per heavy atom. The first-order chi connectivity index (χ1) is 9.05. The summed E-state index contributed by atoms with van der Waals surface area (Å²) in [6.07, 6.45) is -4.37. The van der Waals surface area contributed by atoms with Gasteiger partial charge in [0.25, 0.3) is 0 Å². The van der Waals surface area contributed by atoms with Crippen molar-refractivity contribution in [3.05, 3.63) is 41.4 Å². The number of benzene rings is 1. The van der Waals surface area contributed by atoms with Gasteiger partial charge in [-0.3, -0.25) is 0 Å². The van der Waals surface area contributed by atoms with E-state index in [2.05, 4.69) is 10.3 Å². The van der Waals surface area contributed by atoms with E-state index in [9.17, 15) is 13.2 Å². The molecule has 2 nitrogen and oxygen atoms in total. The summed E-state index contributed by atoms with van der Waals surface area (Å²) in [5.74, 6) is 0.769. The van der Waals surface area contributed by atoms with Crippen LogP contribution in [0.5, 0.6) is 0 Å². The van der Waals surface area contributed by atoms with Crippen molar-refractivity contribution < 1.29 is 13.2 Å². The number of alkyl halides is 3. The second kappa shape index (κ2) is 6.29. The summed E-state index contributed by atoms with van der Waals surface area (Å²) >= 11 is 2.62. The molecule has 2 rings (SSSR count). The van der Waals surface area contributed by atoms with E-state index in [0.717, 1.165) is 27.4 Å². The Hall–Kier alpha value is -1.21. The molecule has 0 bridgehead atoms. The minimum atomic E-state index is -4.37. The second-order valence-corrected chi connectivity index (χ2v) is 5.65. The van der Waals surface area contributed by atoms with Crippen LogP contribution in [0, 0.1) is 0 Å². The molecule has 0 radical (unpaired) electrons. The van der Waals surface area contributed by atoms with Gasteiger partial charge in [-0.1, -0.05) is 18.2 Å². The number of hydrogen-bond acceptors (Lipinski definition) is 4. The Labute approximate surface area is 117 Å². The lowest BCUT2D eigenvalue weighted by Gasteiger charge is -2.03. The van der Waals surface area contributed by atoms with Gasteiger partial charge in [-0.15, -0.1) is 23.1 Å². The van der Waals surface area contributed by atoms with Gasteiger partial charge in [0.15, 0.2) is 10.8 Å². The molecule has 0 aliphatic heterocycles. The van der Waals surface area contributed by atoms with Gasteiger partial charge in [-0.05, 0) is 12.1 Å². The summed E-state index contributed by atoms with van der Waals surface area (Å²) in [5.41, 5.74) is -0.837. The van der Waals surface area contributed by atoms with E-state index in [1.54, 1.807) is 11.8 Å². The standard InChI is InChI=1S/C12H11F3N2S2/c13-12(14,15)10-8-19-11(17-10)16-6-7-18-9-4-2-1-3-5-9/h1-5,8H,6-7H2,(H,16,17). The van der Waals surface area contributed by atoms with Crippen LogP contribution in [0.3, 0.4) is 0 Å². The molecular weight excluding hydrogens is 293 g/mol. The fraction of sp³-hybridized carbons (Fsp3) is 0.250. The third-order valence-corrected chi connectivity index (χ3v) is 4.00. The highest BCUT2D eigenvalue weighted by molar-refractivity contribution is 7.99. The lowest BCUT2D eigenvalue weighted by atomic mass is 10.4. The maximum absolute atomic E-state index is 12.3. The summed E-state index contributed by atoms with van der Waals surface area (Å²) in [6, 6.07) is 9.83. The lowest BCUT2D eigenvalue weighted by molar-refractivity contribution is -0.140. The summed E-state index contributed by atoms with van der Waals surface area (Å²) in [6.45, 7) is 0.574. The van der Waals surface area contributed by atoms with Crippen molar-refractivity contribution in [1.29, 1.82) is 0 Å². The first-order valence-electron chi connectivity index (χ1n) is 5.50. The number of halogens is 3. The smallest absolute Gasteiger partial charge is 0.361 e. The van der Waals surface area contributed by atoms with E-state index < -0.39 is 11.9 Å². The Balaban J connectivity index is 1.76. The van der Waals surface area contributed by atoms with E-state index >= 15 is 0 Å². The number of hydrogen-bond donors (Lipinski definition) is 1. The van der Waals surface area contributed by atoms with Crippen molar-refractivity contribution in [2.24, 2.45) is 0 Å². The highest BCUT2D eigenvalue weighted by atomic mass is 32.2. The fourth-order valence-corrected chi connectivity index (χ4v) is 2.86. The third-order valence-electron chi connectivity index (χ3n) is 2.18. The van der Waals surface area contributed by atoms with E-state index in [1.165, 1.54) is 0 Å². The Morgan fingerprint density at radius 2 is 1.95 bits per heavy atom. The molecule has 0 unspecified atom stereocenters. The minimum Gasteiger partial charge on any atom is -0.361 e. The molecule has 0 saturated carbocycles. The molecule has 0 spiro atoms. The molecule has 0 aliphatic rings. The average molecular weight is 304 g/mol. The zero-order valence-electron chi connectivity index (χ0n) is 9.78. The molecule has 0 fully saturated rings. The number of anilines is 1.